The molecule has 2 aromatic rings. The summed E-state index contributed by atoms with van der Waals surface area (Å²) in [6, 6.07) is 13.0. The van der Waals surface area contributed by atoms with Crippen molar-refractivity contribution in [2.45, 2.75) is 32.1 Å². The van der Waals surface area contributed by atoms with Crippen LogP contribution >= 0.6 is 0 Å². The Labute approximate surface area is 204 Å². The van der Waals surface area contributed by atoms with Crippen LogP contribution in [0.5, 0.6) is 17.2 Å². The molecule has 0 aromatic heterocycles. The van der Waals surface area contributed by atoms with Crippen molar-refractivity contribution >= 4 is 17.4 Å². The Balaban J connectivity index is 2.03. The van der Waals surface area contributed by atoms with Crippen LogP contribution in [0.1, 0.15) is 37.7 Å². The monoisotopic (exact) mass is 478 g/mol. The minimum absolute atomic E-state index is 0.0276. The number of methoxy groups -OCH3 is 3. The van der Waals surface area contributed by atoms with Crippen LogP contribution in [0.2, 0.25) is 0 Å². The van der Waals surface area contributed by atoms with Crippen LogP contribution in [0.15, 0.2) is 65.1 Å². The Morgan fingerprint density at radius 1 is 1.03 bits per heavy atom. The molecule has 0 radical (unpaired) electrons. The largest absolute Gasteiger partial charge is 0.493 e. The van der Waals surface area contributed by atoms with E-state index in [-0.39, 0.29) is 23.8 Å². The van der Waals surface area contributed by atoms with Crippen LogP contribution in [0.25, 0.3) is 0 Å². The van der Waals surface area contributed by atoms with Crippen molar-refractivity contribution < 1.29 is 28.5 Å². The second-order valence-corrected chi connectivity index (χ2v) is 8.22. The molecule has 0 saturated carbocycles. The number of nitrogens with two attached hydrogens (primary N) is 1. The highest BCUT2D eigenvalue weighted by atomic mass is 16.5. The third-order valence-electron chi connectivity index (χ3n) is 6.32. The Hall–Kier alpha value is -3.94. The van der Waals surface area contributed by atoms with Gasteiger partial charge in [0, 0.05) is 23.4 Å². The van der Waals surface area contributed by atoms with E-state index in [9.17, 15) is 9.59 Å². The van der Waals surface area contributed by atoms with Crippen molar-refractivity contribution in [3.05, 3.63) is 70.7 Å². The van der Waals surface area contributed by atoms with Gasteiger partial charge in [-0.25, -0.2) is 4.79 Å². The number of rotatable bonds is 7. The fraction of sp³-hybridized carbons (Fsp3) is 0.333. The maximum atomic E-state index is 13.5. The number of esters is 1. The van der Waals surface area contributed by atoms with E-state index >= 15 is 0 Å². The molecule has 1 aliphatic heterocycles. The number of anilines is 1. The summed E-state index contributed by atoms with van der Waals surface area (Å²) in [6.45, 7) is 1.90. The maximum absolute atomic E-state index is 13.5. The van der Waals surface area contributed by atoms with Crippen molar-refractivity contribution in [3.8, 4) is 17.2 Å². The summed E-state index contributed by atoms with van der Waals surface area (Å²) >= 11 is 0. The molecule has 2 aliphatic rings. The summed E-state index contributed by atoms with van der Waals surface area (Å²) in [5, 5.41) is 0. The van der Waals surface area contributed by atoms with Gasteiger partial charge in [-0.15, -0.1) is 0 Å². The summed E-state index contributed by atoms with van der Waals surface area (Å²) in [5.74, 6) is 0.139. The van der Waals surface area contributed by atoms with Crippen LogP contribution < -0.4 is 24.8 Å². The Bertz CT molecular complexity index is 1180. The van der Waals surface area contributed by atoms with Gasteiger partial charge in [0.1, 0.15) is 5.82 Å². The zero-order valence-corrected chi connectivity index (χ0v) is 20.4. The Morgan fingerprint density at radius 3 is 2.26 bits per heavy atom. The third kappa shape index (κ3) is 4.20. The number of Topliss-reactive ketones (excluding diaryl/α,β-unsaturated/α-hetero) is 1. The Morgan fingerprint density at radius 2 is 1.69 bits per heavy atom. The molecule has 0 bridgehead atoms. The van der Waals surface area contributed by atoms with Gasteiger partial charge < -0.3 is 24.7 Å². The van der Waals surface area contributed by atoms with Crippen LogP contribution in [0, 0.1) is 0 Å². The highest BCUT2D eigenvalue weighted by Gasteiger charge is 2.43. The lowest BCUT2D eigenvalue weighted by Gasteiger charge is -2.40. The molecule has 8 heteroatoms. The molecule has 0 fully saturated rings. The van der Waals surface area contributed by atoms with E-state index in [1.807, 2.05) is 35.2 Å². The van der Waals surface area contributed by atoms with E-state index in [1.165, 1.54) is 21.3 Å². The molecule has 0 amide bonds. The van der Waals surface area contributed by atoms with Crippen LogP contribution in [0.3, 0.4) is 0 Å². The van der Waals surface area contributed by atoms with Gasteiger partial charge in [0.05, 0.1) is 39.4 Å². The minimum atomic E-state index is -0.745. The molecule has 1 aliphatic carbocycles. The van der Waals surface area contributed by atoms with Crippen LogP contribution in [0.4, 0.5) is 5.69 Å². The number of nitrogens with zero attached hydrogens (tertiary/aromatic N) is 1. The topological polar surface area (TPSA) is 100 Å². The van der Waals surface area contributed by atoms with Gasteiger partial charge in [-0.05, 0) is 49.6 Å². The average molecular weight is 479 g/mol. The second-order valence-electron chi connectivity index (χ2n) is 8.22. The minimum Gasteiger partial charge on any atom is -0.493 e. The molecule has 2 N–H and O–H groups in total. The predicted molar refractivity (Wildman–Crippen MR) is 131 cm³/mol. The smallest absolute Gasteiger partial charge is 0.338 e. The van der Waals surface area contributed by atoms with Gasteiger partial charge in [-0.2, -0.15) is 0 Å². The first kappa shape index (κ1) is 24.2. The lowest BCUT2D eigenvalue weighted by atomic mass is 9.75. The summed E-state index contributed by atoms with van der Waals surface area (Å²) in [4.78, 5) is 28.7. The number of ether oxygens (including phenoxy) is 4. The molecule has 8 nitrogen and oxygen atoms in total. The first-order chi connectivity index (χ1) is 17.0. The van der Waals surface area contributed by atoms with E-state index in [1.54, 1.807) is 19.1 Å². The summed E-state index contributed by atoms with van der Waals surface area (Å²) in [5.41, 5.74) is 9.67. The molecule has 35 heavy (non-hydrogen) atoms. The first-order valence-corrected chi connectivity index (χ1v) is 11.5. The number of allylic oxidation sites excluding steroid dienone is 2. The zero-order chi connectivity index (χ0) is 25.1. The second kappa shape index (κ2) is 10.1. The summed E-state index contributed by atoms with van der Waals surface area (Å²) < 4.78 is 22.0. The zero-order valence-electron chi connectivity index (χ0n) is 20.4. The average Bonchev–Trinajstić information content (AvgIpc) is 2.87. The number of carbonyl (C=O) groups excluding carboxylic acids is 2. The lowest BCUT2D eigenvalue weighted by molar-refractivity contribution is -0.138. The fourth-order valence-corrected chi connectivity index (χ4v) is 4.87. The van der Waals surface area contributed by atoms with Crippen molar-refractivity contribution in [1.82, 2.24) is 0 Å². The molecular formula is C27H30N2O6. The maximum Gasteiger partial charge on any atom is 0.338 e. The molecule has 4 rings (SSSR count). The van der Waals surface area contributed by atoms with Gasteiger partial charge in [0.15, 0.2) is 17.3 Å². The number of hydrogen-bond donors (Lipinski definition) is 1. The van der Waals surface area contributed by atoms with E-state index in [0.717, 1.165) is 11.4 Å². The predicted octanol–water partition coefficient (Wildman–Crippen LogP) is 4.06. The van der Waals surface area contributed by atoms with Crippen molar-refractivity contribution in [2.75, 3.05) is 32.8 Å². The normalized spacial score (nSPS) is 17.8. The molecule has 184 valence electrons. The van der Waals surface area contributed by atoms with Crippen molar-refractivity contribution in [3.63, 3.8) is 0 Å². The van der Waals surface area contributed by atoms with E-state index in [4.69, 9.17) is 24.7 Å². The van der Waals surface area contributed by atoms with Crippen LogP contribution in [-0.2, 0) is 14.3 Å². The molecule has 0 saturated heterocycles. The third-order valence-corrected chi connectivity index (χ3v) is 6.32. The van der Waals surface area contributed by atoms with Crippen LogP contribution in [-0.4, -0.2) is 39.7 Å². The van der Waals surface area contributed by atoms with E-state index in [0.29, 0.717) is 47.6 Å². The summed E-state index contributed by atoms with van der Waals surface area (Å²) in [7, 11) is 4.56. The number of hydrogen-bond acceptors (Lipinski definition) is 8. The molecule has 1 atom stereocenters. The molecule has 0 spiro atoms. The number of ketones is 1. The highest BCUT2D eigenvalue weighted by Crippen LogP contribution is 2.49. The van der Waals surface area contributed by atoms with Crippen molar-refractivity contribution in [1.29, 1.82) is 0 Å². The molecule has 2 aromatic carbocycles. The highest BCUT2D eigenvalue weighted by molar-refractivity contribution is 6.05. The fourth-order valence-electron chi connectivity index (χ4n) is 4.87. The van der Waals surface area contributed by atoms with Crippen molar-refractivity contribution in [2.24, 2.45) is 5.73 Å². The number of benzene rings is 2. The lowest BCUT2D eigenvalue weighted by Crippen LogP contribution is -2.41. The molecule has 1 unspecified atom stereocenters. The van der Waals surface area contributed by atoms with Gasteiger partial charge in [0.25, 0.3) is 0 Å². The Kier molecular flexibility index (Phi) is 7.00. The summed E-state index contributed by atoms with van der Waals surface area (Å²) in [6.07, 6.45) is 1.73. The number of para-hydroxylation sites is 1. The van der Waals surface area contributed by atoms with Gasteiger partial charge in [0.2, 0.25) is 5.75 Å². The first-order valence-electron chi connectivity index (χ1n) is 11.5. The van der Waals surface area contributed by atoms with Gasteiger partial charge >= 0.3 is 5.97 Å². The van der Waals surface area contributed by atoms with E-state index < -0.39 is 11.9 Å². The molecular weight excluding hydrogens is 448 g/mol. The SMILES string of the molecule is CCOC(=O)C1=C(N)N(c2ccccc2)C2=C(C(=O)CCC2)C1c1cc(OC)c(OC)c(OC)c1. The quantitative estimate of drug-likeness (QED) is 0.595. The van der Waals surface area contributed by atoms with Gasteiger partial charge in [-0.3, -0.25) is 9.69 Å². The molecule has 1 heterocycles. The van der Waals surface area contributed by atoms with Gasteiger partial charge in [-0.1, -0.05) is 18.2 Å². The van der Waals surface area contributed by atoms with E-state index in [2.05, 4.69) is 0 Å². The number of carbonyl (C=O) groups is 2. The standard InChI is InChI=1S/C27H30N2O6/c1-5-35-27(31)24-22(16-14-20(32-2)25(34-4)21(15-16)33-3)23-18(12-9-13-19(23)30)29(26(24)28)17-10-7-6-8-11-17/h6-8,10-11,14-15,22H,5,9,12-13,28H2,1-4H3.